The van der Waals surface area contributed by atoms with E-state index in [0.29, 0.717) is 0 Å². The number of Topliss-reactive ketones (excluding diaryl/α,β-unsaturated/α-hetero) is 1. The second-order valence-corrected chi connectivity index (χ2v) is 2.34. The number of ether oxygens (including phenoxy) is 1. The summed E-state index contributed by atoms with van der Waals surface area (Å²) in [5.74, 6) is -1.74. The van der Waals surface area contributed by atoms with Crippen molar-refractivity contribution in [2.24, 2.45) is 5.92 Å². The predicted molar refractivity (Wildman–Crippen MR) is 41.0 cm³/mol. The molecule has 0 aliphatic carbocycles. The molecular weight excluding hydrogens is 158 g/mol. The van der Waals surface area contributed by atoms with Crippen molar-refractivity contribution in [3.05, 3.63) is 0 Å². The van der Waals surface area contributed by atoms with E-state index in [1.54, 1.807) is 13.0 Å². The number of carbonyl (C=O) groups is 2. The van der Waals surface area contributed by atoms with E-state index in [2.05, 4.69) is 4.74 Å². The lowest BCUT2D eigenvalue weighted by atomic mass is 10.1. The fourth-order valence-electron chi connectivity index (χ4n) is 0.712. The summed E-state index contributed by atoms with van der Waals surface area (Å²) >= 11 is 0. The largest absolute Gasteiger partial charge is 0.465 e. The SMILES string of the molecule is CCOC(=O)[C@@H](C#N)CC(C)=O. The van der Waals surface area contributed by atoms with Gasteiger partial charge in [-0.25, -0.2) is 0 Å². The molecule has 0 aromatic heterocycles. The van der Waals surface area contributed by atoms with Crippen molar-refractivity contribution in [3.8, 4) is 6.07 Å². The minimum atomic E-state index is -0.942. The van der Waals surface area contributed by atoms with Crippen LogP contribution in [0.4, 0.5) is 0 Å². The van der Waals surface area contributed by atoms with Gasteiger partial charge < -0.3 is 4.74 Å². The van der Waals surface area contributed by atoms with Crippen LogP contribution in [0.3, 0.4) is 0 Å². The number of carbonyl (C=O) groups excluding carboxylic acids is 2. The number of rotatable bonds is 4. The molecule has 0 radical (unpaired) electrons. The van der Waals surface area contributed by atoms with Gasteiger partial charge in [0.2, 0.25) is 0 Å². The van der Waals surface area contributed by atoms with Gasteiger partial charge in [-0.15, -0.1) is 0 Å². The standard InChI is InChI=1S/C8H11NO3/c1-3-12-8(11)7(5-9)4-6(2)10/h7H,3-4H2,1-2H3/t7-/m1/s1. The molecule has 1 atom stereocenters. The van der Waals surface area contributed by atoms with Crippen molar-refractivity contribution in [2.45, 2.75) is 20.3 Å². The molecule has 4 heteroatoms. The molecule has 0 aliphatic heterocycles. The van der Waals surface area contributed by atoms with Crippen LogP contribution in [0.15, 0.2) is 0 Å². The molecule has 0 amide bonds. The lowest BCUT2D eigenvalue weighted by Crippen LogP contribution is -2.18. The van der Waals surface area contributed by atoms with Crippen molar-refractivity contribution in [2.75, 3.05) is 6.61 Å². The van der Waals surface area contributed by atoms with E-state index in [4.69, 9.17) is 5.26 Å². The monoisotopic (exact) mass is 169 g/mol. The number of ketones is 1. The summed E-state index contributed by atoms with van der Waals surface area (Å²) in [5.41, 5.74) is 0. The first-order chi connectivity index (χ1) is 5.61. The first-order valence-corrected chi connectivity index (χ1v) is 3.67. The quantitative estimate of drug-likeness (QED) is 0.580. The van der Waals surface area contributed by atoms with Crippen LogP contribution in [0.1, 0.15) is 20.3 Å². The van der Waals surface area contributed by atoms with Crippen molar-refractivity contribution in [1.82, 2.24) is 0 Å². The molecule has 0 saturated heterocycles. The Kier molecular flexibility index (Phi) is 4.70. The highest BCUT2D eigenvalue weighted by molar-refractivity contribution is 5.84. The Balaban J connectivity index is 4.08. The molecule has 0 rings (SSSR count). The summed E-state index contributed by atoms with van der Waals surface area (Å²) in [5, 5.41) is 8.47. The molecule has 0 saturated carbocycles. The first kappa shape index (κ1) is 10.6. The number of nitrogens with zero attached hydrogens (tertiary/aromatic N) is 1. The topological polar surface area (TPSA) is 67.2 Å². The fourth-order valence-corrected chi connectivity index (χ4v) is 0.712. The van der Waals surface area contributed by atoms with E-state index < -0.39 is 11.9 Å². The van der Waals surface area contributed by atoms with Gasteiger partial charge in [-0.1, -0.05) is 0 Å². The highest BCUT2D eigenvalue weighted by Gasteiger charge is 2.20. The maximum atomic E-state index is 10.9. The summed E-state index contributed by atoms with van der Waals surface area (Å²) in [7, 11) is 0. The zero-order chi connectivity index (χ0) is 9.56. The molecule has 0 fully saturated rings. The number of nitriles is 1. The molecule has 0 heterocycles. The van der Waals surface area contributed by atoms with Gasteiger partial charge in [-0.2, -0.15) is 5.26 Å². The predicted octanol–water partition coefficient (Wildman–Crippen LogP) is 0.668. The zero-order valence-electron chi connectivity index (χ0n) is 7.16. The minimum absolute atomic E-state index is 0.0602. The Morgan fingerprint density at radius 3 is 2.50 bits per heavy atom. The van der Waals surface area contributed by atoms with E-state index >= 15 is 0 Å². The van der Waals surface area contributed by atoms with Crippen molar-refractivity contribution < 1.29 is 14.3 Å². The molecule has 4 nitrogen and oxygen atoms in total. The molecule has 12 heavy (non-hydrogen) atoms. The van der Waals surface area contributed by atoms with Gasteiger partial charge in [0.05, 0.1) is 12.7 Å². The van der Waals surface area contributed by atoms with E-state index in [1.807, 2.05) is 0 Å². The molecule has 0 bridgehead atoms. The normalized spacial score (nSPS) is 11.4. The van der Waals surface area contributed by atoms with Crippen LogP contribution in [0.2, 0.25) is 0 Å². The summed E-state index contributed by atoms with van der Waals surface area (Å²) in [6, 6.07) is 1.72. The second-order valence-electron chi connectivity index (χ2n) is 2.34. The average Bonchev–Trinajstić information content (AvgIpc) is 2.00. The van der Waals surface area contributed by atoms with Gasteiger partial charge in [0.25, 0.3) is 0 Å². The van der Waals surface area contributed by atoms with Crippen molar-refractivity contribution >= 4 is 11.8 Å². The molecule has 0 N–H and O–H groups in total. The zero-order valence-corrected chi connectivity index (χ0v) is 7.16. The van der Waals surface area contributed by atoms with Gasteiger partial charge >= 0.3 is 5.97 Å². The van der Waals surface area contributed by atoms with Crippen LogP contribution < -0.4 is 0 Å². The average molecular weight is 169 g/mol. The lowest BCUT2D eigenvalue weighted by molar-refractivity contribution is -0.147. The smallest absolute Gasteiger partial charge is 0.323 e. The van der Waals surface area contributed by atoms with E-state index in [0.717, 1.165) is 0 Å². The molecule has 0 aromatic rings. The summed E-state index contributed by atoms with van der Waals surface area (Å²) in [6.45, 7) is 3.22. The van der Waals surface area contributed by atoms with Crippen molar-refractivity contribution in [3.63, 3.8) is 0 Å². The Bertz CT molecular complexity index is 217. The van der Waals surface area contributed by atoms with Crippen LogP contribution in [0, 0.1) is 17.2 Å². The van der Waals surface area contributed by atoms with Gasteiger partial charge in [0, 0.05) is 6.42 Å². The maximum Gasteiger partial charge on any atom is 0.323 e. The van der Waals surface area contributed by atoms with Gasteiger partial charge in [0.15, 0.2) is 5.92 Å². The van der Waals surface area contributed by atoms with Crippen LogP contribution in [-0.4, -0.2) is 18.4 Å². The van der Waals surface area contributed by atoms with Crippen LogP contribution >= 0.6 is 0 Å². The molecule has 66 valence electrons. The van der Waals surface area contributed by atoms with Gasteiger partial charge in [-0.3, -0.25) is 9.59 Å². The molecular formula is C8H11NO3. The Hall–Kier alpha value is -1.37. The highest BCUT2D eigenvalue weighted by atomic mass is 16.5. The summed E-state index contributed by atoms with van der Waals surface area (Å²) in [6.07, 6.45) is -0.0602. The molecule has 0 unspecified atom stereocenters. The third-order valence-corrected chi connectivity index (χ3v) is 1.22. The summed E-state index contributed by atoms with van der Waals surface area (Å²) < 4.78 is 4.58. The molecule has 0 aromatic carbocycles. The Morgan fingerprint density at radius 1 is 1.58 bits per heavy atom. The minimum Gasteiger partial charge on any atom is -0.465 e. The van der Waals surface area contributed by atoms with Crippen molar-refractivity contribution in [1.29, 1.82) is 5.26 Å². The summed E-state index contributed by atoms with van der Waals surface area (Å²) in [4.78, 5) is 21.5. The van der Waals surface area contributed by atoms with Crippen LogP contribution in [-0.2, 0) is 14.3 Å². The first-order valence-electron chi connectivity index (χ1n) is 3.67. The lowest BCUT2D eigenvalue weighted by Gasteiger charge is -2.04. The van der Waals surface area contributed by atoms with Gasteiger partial charge in [0.1, 0.15) is 5.78 Å². The fraction of sp³-hybridized carbons (Fsp3) is 0.625. The molecule has 0 spiro atoms. The van der Waals surface area contributed by atoms with E-state index in [-0.39, 0.29) is 18.8 Å². The number of esters is 1. The van der Waals surface area contributed by atoms with E-state index in [1.165, 1.54) is 6.92 Å². The Labute approximate surface area is 71.1 Å². The van der Waals surface area contributed by atoms with Gasteiger partial charge in [-0.05, 0) is 13.8 Å². The molecule has 0 aliphatic rings. The van der Waals surface area contributed by atoms with Crippen LogP contribution in [0.5, 0.6) is 0 Å². The Morgan fingerprint density at radius 2 is 2.17 bits per heavy atom. The maximum absolute atomic E-state index is 10.9. The highest BCUT2D eigenvalue weighted by Crippen LogP contribution is 2.04. The third kappa shape index (κ3) is 3.71. The third-order valence-electron chi connectivity index (χ3n) is 1.22. The number of hydrogen-bond acceptors (Lipinski definition) is 4. The number of hydrogen-bond donors (Lipinski definition) is 0. The van der Waals surface area contributed by atoms with Crippen LogP contribution in [0.25, 0.3) is 0 Å². The van der Waals surface area contributed by atoms with E-state index in [9.17, 15) is 9.59 Å². The second kappa shape index (κ2) is 5.30.